The van der Waals surface area contributed by atoms with Gasteiger partial charge in [-0.25, -0.2) is 0 Å². The summed E-state index contributed by atoms with van der Waals surface area (Å²) in [4.78, 5) is 10.1. The Labute approximate surface area is 67.1 Å². The minimum Gasteiger partial charge on any atom is -0.481 e. The number of carboxylic acids is 1. The van der Waals surface area contributed by atoms with Crippen molar-refractivity contribution < 1.29 is 9.90 Å². The highest BCUT2D eigenvalue weighted by molar-refractivity contribution is 5.66. The lowest BCUT2D eigenvalue weighted by Gasteiger charge is -2.06. The molecule has 64 valence electrons. The molecular weight excluding hydrogens is 142 g/mol. The molecule has 0 aromatic rings. The minimum atomic E-state index is -0.759. The third kappa shape index (κ3) is 7.06. The lowest BCUT2D eigenvalue weighted by atomic mass is 10.3. The van der Waals surface area contributed by atoms with E-state index in [4.69, 9.17) is 5.11 Å². The standard InChI is InChI=1S/C8H15NO2/c1-3-4-7(2)9-6-5-8(10)11/h3-4,7,9H,5-6H2,1-2H3,(H,10,11). The molecule has 0 amide bonds. The summed E-state index contributed by atoms with van der Waals surface area (Å²) in [5.74, 6) is -0.759. The Bertz CT molecular complexity index is 143. The number of hydrogen-bond donors (Lipinski definition) is 2. The van der Waals surface area contributed by atoms with Gasteiger partial charge >= 0.3 is 5.97 Å². The van der Waals surface area contributed by atoms with Crippen molar-refractivity contribution in [2.75, 3.05) is 6.54 Å². The van der Waals surface area contributed by atoms with Gasteiger partial charge in [0.2, 0.25) is 0 Å². The summed E-state index contributed by atoms with van der Waals surface area (Å²) < 4.78 is 0. The van der Waals surface area contributed by atoms with Crippen molar-refractivity contribution >= 4 is 5.97 Å². The molecule has 0 radical (unpaired) electrons. The van der Waals surface area contributed by atoms with Crippen LogP contribution in [0.15, 0.2) is 12.2 Å². The third-order valence-corrected chi connectivity index (χ3v) is 1.29. The fourth-order valence-corrected chi connectivity index (χ4v) is 0.763. The number of nitrogens with one attached hydrogen (secondary N) is 1. The number of rotatable bonds is 5. The zero-order valence-corrected chi connectivity index (χ0v) is 7.00. The predicted molar refractivity (Wildman–Crippen MR) is 44.5 cm³/mol. The Morgan fingerprint density at radius 3 is 2.82 bits per heavy atom. The highest BCUT2D eigenvalue weighted by Gasteiger charge is 1.97. The first-order valence-corrected chi connectivity index (χ1v) is 3.74. The topological polar surface area (TPSA) is 49.3 Å². The van der Waals surface area contributed by atoms with Crippen LogP contribution < -0.4 is 5.32 Å². The van der Waals surface area contributed by atoms with E-state index < -0.39 is 5.97 Å². The van der Waals surface area contributed by atoms with Crippen LogP contribution in [-0.4, -0.2) is 23.7 Å². The second-order valence-electron chi connectivity index (χ2n) is 2.41. The second kappa shape index (κ2) is 5.92. The van der Waals surface area contributed by atoms with E-state index in [0.717, 1.165) is 0 Å². The fraction of sp³-hybridized carbons (Fsp3) is 0.625. The summed E-state index contributed by atoms with van der Waals surface area (Å²) in [6.07, 6.45) is 4.11. The molecule has 2 N–H and O–H groups in total. The maximum absolute atomic E-state index is 10.1. The molecule has 0 saturated carbocycles. The van der Waals surface area contributed by atoms with Gasteiger partial charge in [0.15, 0.2) is 0 Å². The van der Waals surface area contributed by atoms with E-state index in [0.29, 0.717) is 6.54 Å². The molecule has 0 saturated heterocycles. The number of allylic oxidation sites excluding steroid dienone is 1. The first-order chi connectivity index (χ1) is 5.16. The van der Waals surface area contributed by atoms with Gasteiger partial charge in [-0.05, 0) is 13.8 Å². The van der Waals surface area contributed by atoms with Gasteiger partial charge in [-0.2, -0.15) is 0 Å². The zero-order chi connectivity index (χ0) is 8.69. The van der Waals surface area contributed by atoms with Gasteiger partial charge in [0, 0.05) is 12.6 Å². The first-order valence-electron chi connectivity index (χ1n) is 3.74. The molecule has 0 aromatic heterocycles. The monoisotopic (exact) mass is 157 g/mol. The predicted octanol–water partition coefficient (Wildman–Crippen LogP) is 1.02. The van der Waals surface area contributed by atoms with Crippen LogP contribution in [0, 0.1) is 0 Å². The van der Waals surface area contributed by atoms with Crippen molar-refractivity contribution in [1.29, 1.82) is 0 Å². The van der Waals surface area contributed by atoms with Crippen LogP contribution in [0.5, 0.6) is 0 Å². The Hall–Kier alpha value is -0.830. The van der Waals surface area contributed by atoms with Crippen molar-refractivity contribution in [2.45, 2.75) is 26.3 Å². The van der Waals surface area contributed by atoms with Gasteiger partial charge in [0.1, 0.15) is 0 Å². The normalized spacial score (nSPS) is 13.6. The lowest BCUT2D eigenvalue weighted by Crippen LogP contribution is -2.26. The van der Waals surface area contributed by atoms with Crippen molar-refractivity contribution in [3.05, 3.63) is 12.2 Å². The van der Waals surface area contributed by atoms with Crippen molar-refractivity contribution in [3.8, 4) is 0 Å². The molecular formula is C8H15NO2. The van der Waals surface area contributed by atoms with Crippen molar-refractivity contribution in [2.24, 2.45) is 0 Å². The van der Waals surface area contributed by atoms with Gasteiger partial charge < -0.3 is 10.4 Å². The molecule has 1 unspecified atom stereocenters. The number of carbonyl (C=O) groups is 1. The van der Waals surface area contributed by atoms with Crippen LogP contribution in [0.3, 0.4) is 0 Å². The van der Waals surface area contributed by atoms with Crippen LogP contribution in [0.1, 0.15) is 20.3 Å². The largest absolute Gasteiger partial charge is 0.481 e. The van der Waals surface area contributed by atoms with E-state index in [1.54, 1.807) is 0 Å². The first kappa shape index (κ1) is 10.2. The molecule has 3 heteroatoms. The van der Waals surface area contributed by atoms with Crippen LogP contribution >= 0.6 is 0 Å². The molecule has 11 heavy (non-hydrogen) atoms. The molecule has 3 nitrogen and oxygen atoms in total. The molecule has 0 aliphatic rings. The molecule has 0 rings (SSSR count). The Morgan fingerprint density at radius 2 is 2.36 bits per heavy atom. The summed E-state index contributed by atoms with van der Waals surface area (Å²) >= 11 is 0. The maximum Gasteiger partial charge on any atom is 0.304 e. The van der Waals surface area contributed by atoms with E-state index in [9.17, 15) is 4.79 Å². The molecule has 0 aliphatic heterocycles. The summed E-state index contributed by atoms with van der Waals surface area (Å²) in [6, 6.07) is 0.263. The Balaban J connectivity index is 3.31. The van der Waals surface area contributed by atoms with E-state index in [1.807, 2.05) is 26.0 Å². The van der Waals surface area contributed by atoms with Gasteiger partial charge in [0.05, 0.1) is 6.42 Å². The van der Waals surface area contributed by atoms with E-state index in [2.05, 4.69) is 5.32 Å². The summed E-state index contributed by atoms with van der Waals surface area (Å²) in [7, 11) is 0. The molecule has 1 atom stereocenters. The molecule has 0 fully saturated rings. The molecule has 0 bridgehead atoms. The van der Waals surface area contributed by atoms with Gasteiger partial charge in [-0.15, -0.1) is 0 Å². The van der Waals surface area contributed by atoms with E-state index in [-0.39, 0.29) is 12.5 Å². The molecule has 0 aromatic carbocycles. The molecule has 0 heterocycles. The number of hydrogen-bond acceptors (Lipinski definition) is 2. The number of carboxylic acid groups (broad SMARTS) is 1. The van der Waals surface area contributed by atoms with Gasteiger partial charge in [-0.1, -0.05) is 12.2 Å². The van der Waals surface area contributed by atoms with Crippen molar-refractivity contribution in [3.63, 3.8) is 0 Å². The van der Waals surface area contributed by atoms with Gasteiger partial charge in [-0.3, -0.25) is 4.79 Å². The lowest BCUT2D eigenvalue weighted by molar-refractivity contribution is -0.136. The van der Waals surface area contributed by atoms with Crippen LogP contribution in [-0.2, 0) is 4.79 Å². The zero-order valence-electron chi connectivity index (χ0n) is 7.00. The average molecular weight is 157 g/mol. The van der Waals surface area contributed by atoms with E-state index >= 15 is 0 Å². The summed E-state index contributed by atoms with van der Waals surface area (Å²) in [5, 5.41) is 11.3. The fourth-order valence-electron chi connectivity index (χ4n) is 0.763. The summed E-state index contributed by atoms with van der Waals surface area (Å²) in [6.45, 7) is 4.46. The minimum absolute atomic E-state index is 0.182. The number of aliphatic carboxylic acids is 1. The molecule has 0 aliphatic carbocycles. The highest BCUT2D eigenvalue weighted by atomic mass is 16.4. The quantitative estimate of drug-likeness (QED) is 0.586. The average Bonchev–Trinajstić information content (AvgIpc) is 1.87. The van der Waals surface area contributed by atoms with Crippen molar-refractivity contribution in [1.82, 2.24) is 5.32 Å². The van der Waals surface area contributed by atoms with Crippen LogP contribution in [0.4, 0.5) is 0 Å². The third-order valence-electron chi connectivity index (χ3n) is 1.29. The Morgan fingerprint density at radius 1 is 1.73 bits per heavy atom. The van der Waals surface area contributed by atoms with Gasteiger partial charge in [0.25, 0.3) is 0 Å². The van der Waals surface area contributed by atoms with Crippen LogP contribution in [0.25, 0.3) is 0 Å². The maximum atomic E-state index is 10.1. The van der Waals surface area contributed by atoms with E-state index in [1.165, 1.54) is 0 Å². The second-order valence-corrected chi connectivity index (χ2v) is 2.41. The molecule has 0 spiro atoms. The van der Waals surface area contributed by atoms with Crippen LogP contribution in [0.2, 0.25) is 0 Å². The highest BCUT2D eigenvalue weighted by Crippen LogP contribution is 1.84. The Kier molecular flexibility index (Phi) is 5.47. The SMILES string of the molecule is CC=CC(C)NCCC(=O)O. The summed E-state index contributed by atoms with van der Waals surface area (Å²) in [5.41, 5.74) is 0. The smallest absolute Gasteiger partial charge is 0.304 e.